The number of hydrogen-bond donors (Lipinski definition) is 0. The molecule has 0 saturated heterocycles. The molecule has 0 N–H and O–H groups in total. The van der Waals surface area contributed by atoms with Gasteiger partial charge in [-0.2, -0.15) is 5.26 Å². The van der Waals surface area contributed by atoms with E-state index in [1.165, 1.54) is 4.90 Å². The number of esters is 1. The van der Waals surface area contributed by atoms with Crippen LogP contribution in [0.3, 0.4) is 0 Å². The number of nitriles is 1. The minimum absolute atomic E-state index is 0.0769. The highest BCUT2D eigenvalue weighted by Gasteiger charge is 2.37. The van der Waals surface area contributed by atoms with Crippen molar-refractivity contribution in [3.8, 4) is 6.07 Å². The Balaban J connectivity index is 1.56. The number of carbonyl (C=O) groups excluding carboxylic acids is 3. The monoisotopic (exact) mass is 557 g/mol. The number of aryl methyl sites for hydroxylation is 2. The summed E-state index contributed by atoms with van der Waals surface area (Å²) in [5.41, 5.74) is 4.83. The Bertz CT molecular complexity index is 1630. The third-order valence-corrected chi connectivity index (χ3v) is 7.35. The largest absolute Gasteiger partial charge is 0.466 e. The minimum Gasteiger partial charge on any atom is -0.466 e. The van der Waals surface area contributed by atoms with Gasteiger partial charge in [-0.3, -0.25) is 19.3 Å². The molecule has 7 heteroatoms. The van der Waals surface area contributed by atoms with Gasteiger partial charge in [0.2, 0.25) is 0 Å². The van der Waals surface area contributed by atoms with E-state index < -0.39 is 12.0 Å². The third kappa shape index (κ3) is 6.24. The first-order valence-corrected chi connectivity index (χ1v) is 14.0. The van der Waals surface area contributed by atoms with Crippen molar-refractivity contribution >= 4 is 29.2 Å². The molecule has 4 aromatic rings. The highest BCUT2D eigenvalue weighted by molar-refractivity contribution is 6.13. The van der Waals surface area contributed by atoms with Gasteiger partial charge in [0, 0.05) is 5.69 Å². The van der Waals surface area contributed by atoms with Crippen LogP contribution in [0.2, 0.25) is 0 Å². The molecule has 0 aromatic heterocycles. The van der Waals surface area contributed by atoms with E-state index >= 15 is 0 Å². The maximum Gasteiger partial charge on any atom is 0.308 e. The van der Waals surface area contributed by atoms with Crippen molar-refractivity contribution in [2.24, 2.45) is 0 Å². The Morgan fingerprint density at radius 2 is 1.57 bits per heavy atom. The molecule has 0 fully saturated rings. The van der Waals surface area contributed by atoms with E-state index in [0.29, 0.717) is 35.3 Å². The number of benzene rings is 4. The van der Waals surface area contributed by atoms with E-state index in [9.17, 15) is 19.6 Å². The standard InChI is InChI=1S/C35H31N3O4/c1-2-42-34(40)22-32(28-12-5-3-6-13-28)37-24-33(39)38(29-14-7-4-8-15-29)31-19-18-26(21-30(31)35(37)41)17-16-25-10-9-11-27(20-25)23-36/h3-15,18-21,32H,2,16-17,22,24H2,1H3. The second kappa shape index (κ2) is 13.0. The summed E-state index contributed by atoms with van der Waals surface area (Å²) < 4.78 is 5.26. The average molecular weight is 558 g/mol. The van der Waals surface area contributed by atoms with E-state index in [-0.39, 0.29) is 31.4 Å². The second-order valence-electron chi connectivity index (χ2n) is 10.1. The number of anilines is 2. The summed E-state index contributed by atoms with van der Waals surface area (Å²) in [6, 6.07) is 33.1. The molecule has 210 valence electrons. The van der Waals surface area contributed by atoms with E-state index in [0.717, 1.165) is 16.7 Å². The van der Waals surface area contributed by atoms with Crippen molar-refractivity contribution in [2.75, 3.05) is 18.1 Å². The molecule has 2 amide bonds. The molecule has 1 aliphatic rings. The summed E-state index contributed by atoms with van der Waals surface area (Å²) in [5, 5.41) is 9.26. The van der Waals surface area contributed by atoms with Gasteiger partial charge < -0.3 is 9.64 Å². The smallest absolute Gasteiger partial charge is 0.308 e. The molecular weight excluding hydrogens is 526 g/mol. The summed E-state index contributed by atoms with van der Waals surface area (Å²) in [5.74, 6) is -1.05. The number of fused-ring (bicyclic) bond motifs is 1. The van der Waals surface area contributed by atoms with Crippen LogP contribution in [-0.4, -0.2) is 35.8 Å². The fraction of sp³-hybridized carbons (Fsp3) is 0.200. The third-order valence-electron chi connectivity index (χ3n) is 7.35. The highest BCUT2D eigenvalue weighted by Crippen LogP contribution is 2.37. The highest BCUT2D eigenvalue weighted by atomic mass is 16.5. The number of nitrogens with zero attached hydrogens (tertiary/aromatic N) is 3. The quantitative estimate of drug-likeness (QED) is 0.230. The average Bonchev–Trinajstić information content (AvgIpc) is 3.13. The maximum atomic E-state index is 14.4. The van der Waals surface area contributed by atoms with Gasteiger partial charge in [-0.25, -0.2) is 0 Å². The van der Waals surface area contributed by atoms with Gasteiger partial charge in [0.05, 0.1) is 42.0 Å². The zero-order valence-electron chi connectivity index (χ0n) is 23.4. The van der Waals surface area contributed by atoms with E-state index in [2.05, 4.69) is 6.07 Å². The number of rotatable bonds is 9. The maximum absolute atomic E-state index is 14.4. The van der Waals surface area contributed by atoms with Crippen molar-refractivity contribution in [3.05, 3.63) is 131 Å². The van der Waals surface area contributed by atoms with Crippen LogP contribution in [0, 0.1) is 11.3 Å². The van der Waals surface area contributed by atoms with E-state index in [1.807, 2.05) is 97.1 Å². The summed E-state index contributed by atoms with van der Waals surface area (Å²) >= 11 is 0. The van der Waals surface area contributed by atoms with Crippen LogP contribution in [0.1, 0.15) is 52.0 Å². The topological polar surface area (TPSA) is 90.7 Å². The van der Waals surface area contributed by atoms with Gasteiger partial charge in [-0.15, -0.1) is 0 Å². The van der Waals surface area contributed by atoms with Gasteiger partial charge in [0.1, 0.15) is 6.54 Å². The Kier molecular flexibility index (Phi) is 8.74. The molecule has 1 heterocycles. The number of para-hydroxylation sites is 1. The summed E-state index contributed by atoms with van der Waals surface area (Å²) in [4.78, 5) is 44.1. The van der Waals surface area contributed by atoms with E-state index in [1.54, 1.807) is 17.9 Å². The molecule has 1 atom stereocenters. The molecule has 7 nitrogen and oxygen atoms in total. The fourth-order valence-electron chi connectivity index (χ4n) is 5.34. The Labute approximate surface area is 245 Å². The SMILES string of the molecule is CCOC(=O)CC(c1ccccc1)N1CC(=O)N(c2ccccc2)c2ccc(CCc3cccc(C#N)c3)cc2C1=O. The molecule has 0 radical (unpaired) electrons. The van der Waals surface area contributed by atoms with Gasteiger partial charge in [0.15, 0.2) is 0 Å². The lowest BCUT2D eigenvalue weighted by molar-refractivity contribution is -0.144. The minimum atomic E-state index is -0.692. The number of amides is 2. The Hall–Kier alpha value is -5.22. The van der Waals surface area contributed by atoms with E-state index in [4.69, 9.17) is 4.74 Å². The van der Waals surface area contributed by atoms with Crippen LogP contribution in [0.5, 0.6) is 0 Å². The van der Waals surface area contributed by atoms with Gasteiger partial charge in [-0.05, 0) is 72.9 Å². The van der Waals surface area contributed by atoms with Crippen LogP contribution in [0.4, 0.5) is 11.4 Å². The predicted octanol–water partition coefficient (Wildman–Crippen LogP) is 6.16. The first-order valence-electron chi connectivity index (χ1n) is 14.0. The zero-order chi connectivity index (χ0) is 29.5. The summed E-state index contributed by atoms with van der Waals surface area (Å²) in [6.07, 6.45) is 1.25. The molecule has 1 aliphatic heterocycles. The zero-order valence-corrected chi connectivity index (χ0v) is 23.4. The summed E-state index contributed by atoms with van der Waals surface area (Å²) in [6.45, 7) is 1.75. The number of ether oxygens (including phenoxy) is 1. The lowest BCUT2D eigenvalue weighted by atomic mass is 9.98. The molecule has 0 spiro atoms. The number of carbonyl (C=O) groups is 3. The van der Waals surface area contributed by atoms with Crippen LogP contribution < -0.4 is 4.90 Å². The van der Waals surface area contributed by atoms with Crippen molar-refractivity contribution in [1.29, 1.82) is 5.26 Å². The molecule has 5 rings (SSSR count). The Morgan fingerprint density at radius 3 is 2.26 bits per heavy atom. The molecule has 0 bridgehead atoms. The van der Waals surface area contributed by atoms with Crippen LogP contribution in [-0.2, 0) is 27.2 Å². The molecule has 0 aliphatic carbocycles. The molecule has 1 unspecified atom stereocenters. The lowest BCUT2D eigenvalue weighted by Crippen LogP contribution is -2.41. The van der Waals surface area contributed by atoms with Crippen molar-refractivity contribution in [1.82, 2.24) is 4.90 Å². The van der Waals surface area contributed by atoms with Crippen LogP contribution in [0.25, 0.3) is 0 Å². The van der Waals surface area contributed by atoms with Crippen molar-refractivity contribution < 1.29 is 19.1 Å². The van der Waals surface area contributed by atoms with Gasteiger partial charge in [0.25, 0.3) is 11.8 Å². The van der Waals surface area contributed by atoms with Crippen molar-refractivity contribution in [3.63, 3.8) is 0 Å². The first kappa shape index (κ1) is 28.3. The molecule has 42 heavy (non-hydrogen) atoms. The second-order valence-corrected chi connectivity index (χ2v) is 10.1. The number of hydrogen-bond acceptors (Lipinski definition) is 5. The summed E-state index contributed by atoms with van der Waals surface area (Å²) in [7, 11) is 0. The predicted molar refractivity (Wildman–Crippen MR) is 160 cm³/mol. The molecule has 4 aromatic carbocycles. The first-order chi connectivity index (χ1) is 20.5. The lowest BCUT2D eigenvalue weighted by Gasteiger charge is -2.30. The van der Waals surface area contributed by atoms with Gasteiger partial charge in [-0.1, -0.05) is 66.7 Å². The van der Waals surface area contributed by atoms with Crippen LogP contribution in [0.15, 0.2) is 103 Å². The molecular formula is C35H31N3O4. The van der Waals surface area contributed by atoms with Gasteiger partial charge >= 0.3 is 5.97 Å². The normalized spacial score (nSPS) is 13.6. The molecule has 0 saturated carbocycles. The fourth-order valence-corrected chi connectivity index (χ4v) is 5.34. The van der Waals surface area contributed by atoms with Crippen LogP contribution >= 0.6 is 0 Å². The van der Waals surface area contributed by atoms with Crippen molar-refractivity contribution in [2.45, 2.75) is 32.2 Å². The Morgan fingerprint density at radius 1 is 0.881 bits per heavy atom.